The van der Waals surface area contributed by atoms with Crippen molar-refractivity contribution >= 4 is 51.4 Å². The number of rotatable bonds is 3. The van der Waals surface area contributed by atoms with Gasteiger partial charge in [-0.1, -0.05) is 11.6 Å². The molecule has 0 radical (unpaired) electrons. The maximum absolute atomic E-state index is 11.7. The summed E-state index contributed by atoms with van der Waals surface area (Å²) in [5.74, 6) is 0. The highest BCUT2D eigenvalue weighted by Gasteiger charge is 2.14. The van der Waals surface area contributed by atoms with E-state index >= 15 is 0 Å². The maximum Gasteiger partial charge on any atom is 0.270 e. The Labute approximate surface area is 150 Å². The van der Waals surface area contributed by atoms with Crippen molar-refractivity contribution < 1.29 is 0 Å². The summed E-state index contributed by atoms with van der Waals surface area (Å²) >= 11 is 9.63. The summed E-state index contributed by atoms with van der Waals surface area (Å²) in [4.78, 5) is 21.2. The van der Waals surface area contributed by atoms with Crippen LogP contribution in [-0.2, 0) is 0 Å². The van der Waals surface area contributed by atoms with E-state index < -0.39 is 0 Å². The normalized spacial score (nSPS) is 11.4. The van der Waals surface area contributed by atoms with Crippen molar-refractivity contribution in [2.75, 3.05) is 0 Å². The molecule has 3 aromatic heterocycles. The van der Waals surface area contributed by atoms with E-state index in [0.29, 0.717) is 5.02 Å². The first-order chi connectivity index (χ1) is 10.6. The molecule has 0 spiro atoms. The number of hydrogen-bond donors (Lipinski definition) is 0. The molecule has 22 heavy (non-hydrogen) atoms. The number of nitrogens with zero attached hydrogens (tertiary/aromatic N) is 4. The van der Waals surface area contributed by atoms with E-state index in [2.05, 4.69) is 37.1 Å². The average molecular weight is 463 g/mol. The van der Waals surface area contributed by atoms with Crippen molar-refractivity contribution in [1.29, 1.82) is 0 Å². The van der Waals surface area contributed by atoms with Gasteiger partial charge < -0.3 is 0 Å². The lowest BCUT2D eigenvalue weighted by molar-refractivity contribution is 0.924. The molecule has 3 aromatic rings. The molecule has 1 unspecified atom stereocenters. The number of pyridine rings is 1. The molecule has 3 rings (SSSR count). The van der Waals surface area contributed by atoms with Crippen LogP contribution in [-0.4, -0.2) is 19.5 Å². The minimum Gasteiger partial charge on any atom is -0.268 e. The molecule has 0 fully saturated rings. The lowest BCUT2D eigenvalue weighted by atomic mass is 10.3. The van der Waals surface area contributed by atoms with Crippen LogP contribution in [0.2, 0.25) is 5.02 Å². The van der Waals surface area contributed by atoms with Crippen LogP contribution < -0.4 is 5.56 Å². The van der Waals surface area contributed by atoms with Crippen LogP contribution in [0.25, 0.3) is 21.1 Å². The molecule has 0 N–H and O–H groups in total. The largest absolute Gasteiger partial charge is 0.270 e. The Hall–Kier alpha value is -0.890. The Morgan fingerprint density at radius 1 is 1.36 bits per heavy atom. The zero-order valence-corrected chi connectivity index (χ0v) is 16.0. The second-order valence-corrected chi connectivity index (χ2v) is 7.85. The Morgan fingerprint density at radius 2 is 2.18 bits per heavy atom. The predicted octanol–water partition coefficient (Wildman–Crippen LogP) is 4.18. The molecule has 9 heteroatoms. The Balaban J connectivity index is 2.08. The fourth-order valence-electron chi connectivity index (χ4n) is 1.88. The fraction of sp³-hybridized carbons (Fsp3) is 0.0769. The first-order valence-electron chi connectivity index (χ1n) is 6.14. The van der Waals surface area contributed by atoms with Gasteiger partial charge in [-0.2, -0.15) is 5.10 Å². The van der Waals surface area contributed by atoms with E-state index in [1.165, 1.54) is 21.9 Å². The van der Waals surface area contributed by atoms with Gasteiger partial charge >= 0.3 is 0 Å². The molecule has 3 heterocycles. The molecule has 0 aliphatic carbocycles. The van der Waals surface area contributed by atoms with Crippen molar-refractivity contribution in [3.63, 3.8) is 0 Å². The summed E-state index contributed by atoms with van der Waals surface area (Å²) in [6.45, 7) is 1.93. The molecule has 0 aliphatic heterocycles. The van der Waals surface area contributed by atoms with Crippen LogP contribution in [0.3, 0.4) is 0 Å². The van der Waals surface area contributed by atoms with Gasteiger partial charge in [-0.25, -0.2) is 9.44 Å². The minimum absolute atomic E-state index is 0.0992. The molecule has 0 aromatic carbocycles. The van der Waals surface area contributed by atoms with Gasteiger partial charge in [0.05, 0.1) is 22.0 Å². The highest BCUT2D eigenvalue weighted by Crippen LogP contribution is 2.34. The van der Waals surface area contributed by atoms with Crippen molar-refractivity contribution in [3.05, 3.63) is 51.7 Å². The standard InChI is InChI=1S/C13H9ClIN4OPS/c1-7-12(10-2-3-11(20)19(18-10)21-15)22-13(17-7)8-4-9(14)6-16-5-8/h2-6,21H,1H3. The van der Waals surface area contributed by atoms with E-state index in [0.717, 1.165) is 26.8 Å². The van der Waals surface area contributed by atoms with E-state index in [4.69, 9.17) is 11.6 Å². The lowest BCUT2D eigenvalue weighted by Crippen LogP contribution is -2.14. The van der Waals surface area contributed by atoms with Crippen LogP contribution in [0, 0.1) is 6.92 Å². The number of aromatic nitrogens is 4. The number of halogens is 2. The van der Waals surface area contributed by atoms with Crippen LogP contribution in [0.4, 0.5) is 0 Å². The van der Waals surface area contributed by atoms with Crippen molar-refractivity contribution in [2.24, 2.45) is 0 Å². The summed E-state index contributed by atoms with van der Waals surface area (Å²) in [5.41, 5.74) is 2.39. The van der Waals surface area contributed by atoms with Gasteiger partial charge in [0.2, 0.25) is 0 Å². The Morgan fingerprint density at radius 3 is 2.91 bits per heavy atom. The van der Waals surface area contributed by atoms with E-state index in [-0.39, 0.29) is 11.9 Å². The molecule has 1 atom stereocenters. The molecule has 0 bridgehead atoms. The minimum atomic E-state index is -0.0992. The fourth-order valence-corrected chi connectivity index (χ4v) is 4.41. The second-order valence-electron chi connectivity index (χ2n) is 4.38. The summed E-state index contributed by atoms with van der Waals surface area (Å²) in [6.07, 6.45) is 3.58. The third-order valence-electron chi connectivity index (χ3n) is 2.86. The van der Waals surface area contributed by atoms with E-state index in [9.17, 15) is 4.79 Å². The second kappa shape index (κ2) is 6.70. The number of hydrogen-bond acceptors (Lipinski definition) is 5. The third kappa shape index (κ3) is 3.22. The van der Waals surface area contributed by atoms with Crippen LogP contribution in [0.15, 0.2) is 35.4 Å². The molecule has 0 saturated carbocycles. The Kier molecular flexibility index (Phi) is 4.87. The summed E-state index contributed by atoms with van der Waals surface area (Å²) < 4.78 is 1.45. The third-order valence-corrected chi connectivity index (χ3v) is 6.15. The molecule has 112 valence electrons. The highest BCUT2D eigenvalue weighted by atomic mass is 127. The summed E-state index contributed by atoms with van der Waals surface area (Å²) in [6, 6.07) is 5.10. The van der Waals surface area contributed by atoms with Gasteiger partial charge in [0.1, 0.15) is 10.7 Å². The zero-order valence-electron chi connectivity index (χ0n) is 11.2. The summed E-state index contributed by atoms with van der Waals surface area (Å²) in [7, 11) is 0. The summed E-state index contributed by atoms with van der Waals surface area (Å²) in [5, 5.41) is 5.79. The lowest BCUT2D eigenvalue weighted by Gasteiger charge is -2.01. The Bertz CT molecular complexity index is 898. The van der Waals surface area contributed by atoms with Gasteiger partial charge in [-0.3, -0.25) is 9.78 Å². The quantitative estimate of drug-likeness (QED) is 0.433. The van der Waals surface area contributed by atoms with Gasteiger partial charge in [0.15, 0.2) is 0 Å². The zero-order chi connectivity index (χ0) is 15.7. The number of aryl methyl sites for hydroxylation is 1. The number of thiazole rings is 1. The van der Waals surface area contributed by atoms with E-state index in [1.54, 1.807) is 18.5 Å². The maximum atomic E-state index is 11.7. The van der Waals surface area contributed by atoms with Crippen LogP contribution >= 0.6 is 51.4 Å². The molecular formula is C13H9ClIN4OPS. The molecule has 5 nitrogen and oxygen atoms in total. The first kappa shape index (κ1) is 16.0. The predicted molar refractivity (Wildman–Crippen MR) is 100 cm³/mol. The van der Waals surface area contributed by atoms with Gasteiger partial charge in [0.25, 0.3) is 5.56 Å². The van der Waals surface area contributed by atoms with Gasteiger partial charge in [-0.15, -0.1) is 11.3 Å². The van der Waals surface area contributed by atoms with Crippen LogP contribution in [0.5, 0.6) is 0 Å². The smallest absolute Gasteiger partial charge is 0.268 e. The molecule has 0 saturated heterocycles. The van der Waals surface area contributed by atoms with E-state index in [1.807, 2.05) is 13.0 Å². The van der Waals surface area contributed by atoms with Gasteiger partial charge in [-0.05, 0) is 41.1 Å². The monoisotopic (exact) mass is 462 g/mol. The van der Waals surface area contributed by atoms with Crippen LogP contribution in [0.1, 0.15) is 5.69 Å². The van der Waals surface area contributed by atoms with Gasteiger partial charge in [0, 0.05) is 24.0 Å². The molecule has 0 amide bonds. The van der Waals surface area contributed by atoms with Crippen molar-refractivity contribution in [1.82, 2.24) is 19.5 Å². The SMILES string of the molecule is Cc1nc(-c2cncc(Cl)c2)sc1-c1ccc(=O)n(PI)n1. The van der Waals surface area contributed by atoms with Crippen molar-refractivity contribution in [3.8, 4) is 21.1 Å². The highest BCUT2D eigenvalue weighted by molar-refractivity contribution is 14.2. The molecule has 0 aliphatic rings. The average Bonchev–Trinajstić information content (AvgIpc) is 2.90. The molecular weight excluding hydrogens is 454 g/mol. The topological polar surface area (TPSA) is 60.7 Å². The first-order valence-corrected chi connectivity index (χ1v) is 11.4. The van der Waals surface area contributed by atoms with Crippen molar-refractivity contribution in [2.45, 2.75) is 6.92 Å².